The van der Waals surface area contributed by atoms with Crippen molar-refractivity contribution in [3.8, 4) is 5.95 Å². The highest BCUT2D eigenvalue weighted by Gasteiger charge is 2.51. The van der Waals surface area contributed by atoms with E-state index >= 15 is 0 Å². The van der Waals surface area contributed by atoms with Crippen LogP contribution in [-0.2, 0) is 11.2 Å². The van der Waals surface area contributed by atoms with E-state index in [0.29, 0.717) is 11.9 Å². The summed E-state index contributed by atoms with van der Waals surface area (Å²) in [6, 6.07) is 10.5. The van der Waals surface area contributed by atoms with Gasteiger partial charge in [-0.2, -0.15) is 4.98 Å². The molecule has 0 N–H and O–H groups in total. The van der Waals surface area contributed by atoms with E-state index in [-0.39, 0.29) is 5.41 Å². The summed E-state index contributed by atoms with van der Waals surface area (Å²) in [6.45, 7) is 3.11. The number of anilines is 1. The van der Waals surface area contributed by atoms with E-state index in [9.17, 15) is 4.79 Å². The molecule has 2 aliphatic heterocycles. The monoisotopic (exact) mass is 412 g/mol. The van der Waals surface area contributed by atoms with Crippen LogP contribution in [0.2, 0.25) is 0 Å². The van der Waals surface area contributed by atoms with E-state index in [1.54, 1.807) is 23.3 Å². The average molecular weight is 412 g/mol. The molecule has 6 rings (SSSR count). The number of carbonyl (C=O) groups is 1. The average Bonchev–Trinajstić information content (AvgIpc) is 3.60. The third kappa shape index (κ3) is 3.03. The lowest BCUT2D eigenvalue weighted by molar-refractivity contribution is -0.134. The Morgan fingerprint density at radius 1 is 1.06 bits per heavy atom. The Balaban J connectivity index is 1.18. The fourth-order valence-electron chi connectivity index (χ4n) is 5.22. The first kappa shape index (κ1) is 18.3. The summed E-state index contributed by atoms with van der Waals surface area (Å²) in [5.41, 5.74) is 3.66. The van der Waals surface area contributed by atoms with Gasteiger partial charge in [-0.25, -0.2) is 9.97 Å². The minimum absolute atomic E-state index is 0.293. The van der Waals surface area contributed by atoms with Gasteiger partial charge in [0.1, 0.15) is 12.1 Å². The summed E-state index contributed by atoms with van der Waals surface area (Å²) in [5.74, 6) is 1.76. The number of likely N-dealkylation sites (tertiary alicyclic amines) is 1. The molecule has 2 saturated heterocycles. The van der Waals surface area contributed by atoms with Crippen LogP contribution in [-0.4, -0.2) is 56.5 Å². The smallest absolute Gasteiger partial charge is 0.236 e. The molecule has 7 nitrogen and oxygen atoms in total. The molecule has 0 radical (unpaired) electrons. The SMILES string of the molecule is O=C1N(CC2=CCc3ccccc32)CCC12CCN(c1ccnc(-n3ccnc3)n1)C2. The van der Waals surface area contributed by atoms with E-state index in [1.165, 1.54) is 16.7 Å². The van der Waals surface area contributed by atoms with E-state index < -0.39 is 0 Å². The molecular formula is C24H24N6O. The van der Waals surface area contributed by atoms with Gasteiger partial charge >= 0.3 is 0 Å². The van der Waals surface area contributed by atoms with Crippen LogP contribution in [0.1, 0.15) is 24.0 Å². The van der Waals surface area contributed by atoms with Crippen molar-refractivity contribution in [2.45, 2.75) is 19.3 Å². The highest BCUT2D eigenvalue weighted by molar-refractivity contribution is 5.88. The predicted molar refractivity (Wildman–Crippen MR) is 118 cm³/mol. The van der Waals surface area contributed by atoms with Crippen LogP contribution in [0.15, 0.2) is 61.3 Å². The van der Waals surface area contributed by atoms with E-state index in [2.05, 4.69) is 50.1 Å². The standard InChI is InChI=1S/C24H24N6O/c31-22-24(8-12-28(22)15-19-6-5-18-3-1-2-4-20(18)19)9-13-29(16-24)21-7-10-26-23(27-21)30-14-11-25-17-30/h1-4,6-7,10-11,14,17H,5,8-9,12-13,15-16H2. The van der Waals surface area contributed by atoms with Crippen LogP contribution in [0.25, 0.3) is 11.5 Å². The number of fused-ring (bicyclic) bond motifs is 1. The minimum atomic E-state index is -0.293. The number of imidazole rings is 1. The van der Waals surface area contributed by atoms with Crippen molar-refractivity contribution in [3.63, 3.8) is 0 Å². The summed E-state index contributed by atoms with van der Waals surface area (Å²) in [7, 11) is 0. The molecule has 3 aromatic rings. The van der Waals surface area contributed by atoms with Crippen molar-refractivity contribution in [1.29, 1.82) is 0 Å². The highest BCUT2D eigenvalue weighted by atomic mass is 16.2. The van der Waals surface area contributed by atoms with Crippen molar-refractivity contribution in [1.82, 2.24) is 24.4 Å². The highest BCUT2D eigenvalue weighted by Crippen LogP contribution is 2.42. The van der Waals surface area contributed by atoms with E-state index in [1.807, 2.05) is 12.3 Å². The van der Waals surface area contributed by atoms with Crippen molar-refractivity contribution in [2.24, 2.45) is 5.41 Å². The third-order valence-electron chi connectivity index (χ3n) is 6.94. The van der Waals surface area contributed by atoms with Crippen molar-refractivity contribution in [3.05, 3.63) is 72.5 Å². The number of benzene rings is 1. The predicted octanol–water partition coefficient (Wildman–Crippen LogP) is 2.73. The van der Waals surface area contributed by atoms with Gasteiger partial charge in [0.15, 0.2) is 0 Å². The maximum atomic E-state index is 13.5. The fraction of sp³-hybridized carbons (Fsp3) is 0.333. The summed E-state index contributed by atoms with van der Waals surface area (Å²) in [5, 5.41) is 0. The van der Waals surface area contributed by atoms with Gasteiger partial charge in [-0.1, -0.05) is 30.3 Å². The lowest BCUT2D eigenvalue weighted by Gasteiger charge is -2.24. The Morgan fingerprint density at radius 2 is 1.97 bits per heavy atom. The largest absolute Gasteiger partial charge is 0.355 e. The number of hydrogen-bond acceptors (Lipinski definition) is 5. The van der Waals surface area contributed by atoms with Crippen LogP contribution in [0.5, 0.6) is 0 Å². The maximum Gasteiger partial charge on any atom is 0.236 e. The van der Waals surface area contributed by atoms with Crippen LogP contribution in [0.3, 0.4) is 0 Å². The Morgan fingerprint density at radius 3 is 2.87 bits per heavy atom. The van der Waals surface area contributed by atoms with E-state index in [0.717, 1.165) is 51.3 Å². The molecule has 4 heterocycles. The second-order valence-electron chi connectivity index (χ2n) is 8.70. The molecular weight excluding hydrogens is 388 g/mol. The number of amides is 1. The van der Waals surface area contributed by atoms with Crippen molar-refractivity contribution in [2.75, 3.05) is 31.1 Å². The second kappa shape index (κ2) is 7.04. The van der Waals surface area contributed by atoms with Gasteiger partial charge in [0, 0.05) is 44.8 Å². The van der Waals surface area contributed by atoms with Crippen LogP contribution in [0.4, 0.5) is 5.82 Å². The van der Waals surface area contributed by atoms with Gasteiger partial charge in [0.05, 0.1) is 5.41 Å². The first-order chi connectivity index (χ1) is 15.2. The van der Waals surface area contributed by atoms with Gasteiger partial charge in [-0.05, 0) is 42.0 Å². The molecule has 2 aromatic heterocycles. The zero-order valence-electron chi connectivity index (χ0n) is 17.3. The first-order valence-corrected chi connectivity index (χ1v) is 10.8. The molecule has 1 atom stereocenters. The fourth-order valence-corrected chi connectivity index (χ4v) is 5.22. The Labute approximate surface area is 181 Å². The maximum absolute atomic E-state index is 13.5. The lowest BCUT2D eigenvalue weighted by Crippen LogP contribution is -2.37. The number of carbonyl (C=O) groups excluding carboxylic acids is 1. The minimum Gasteiger partial charge on any atom is -0.355 e. The molecule has 7 heteroatoms. The zero-order valence-corrected chi connectivity index (χ0v) is 17.3. The molecule has 1 aromatic carbocycles. The summed E-state index contributed by atoms with van der Waals surface area (Å²) < 4.78 is 1.80. The first-order valence-electron chi connectivity index (χ1n) is 10.8. The molecule has 0 bridgehead atoms. The Hall–Kier alpha value is -3.48. The number of hydrogen-bond donors (Lipinski definition) is 0. The third-order valence-corrected chi connectivity index (χ3v) is 6.94. The Bertz CT molecular complexity index is 1170. The quantitative estimate of drug-likeness (QED) is 0.659. The zero-order chi connectivity index (χ0) is 20.8. The number of rotatable bonds is 4. The molecule has 3 aliphatic rings. The molecule has 31 heavy (non-hydrogen) atoms. The molecule has 1 unspecified atom stereocenters. The molecule has 0 saturated carbocycles. The normalized spacial score (nSPS) is 22.5. The Kier molecular flexibility index (Phi) is 4.16. The van der Waals surface area contributed by atoms with Gasteiger partial charge in [0.2, 0.25) is 11.9 Å². The number of allylic oxidation sites excluding steroid dienone is 1. The molecule has 156 valence electrons. The van der Waals surface area contributed by atoms with Crippen LogP contribution < -0.4 is 4.90 Å². The van der Waals surface area contributed by atoms with Crippen molar-refractivity contribution >= 4 is 17.3 Å². The number of nitrogens with zero attached hydrogens (tertiary/aromatic N) is 6. The van der Waals surface area contributed by atoms with Crippen LogP contribution >= 0.6 is 0 Å². The summed E-state index contributed by atoms with van der Waals surface area (Å²) in [6.07, 6.45) is 12.1. The van der Waals surface area contributed by atoms with Gasteiger partial charge < -0.3 is 9.80 Å². The van der Waals surface area contributed by atoms with Gasteiger partial charge in [0.25, 0.3) is 0 Å². The lowest BCUT2D eigenvalue weighted by atomic mass is 9.85. The van der Waals surface area contributed by atoms with E-state index in [4.69, 9.17) is 4.98 Å². The van der Waals surface area contributed by atoms with Gasteiger partial charge in [-0.3, -0.25) is 9.36 Å². The topological polar surface area (TPSA) is 67.2 Å². The summed E-state index contributed by atoms with van der Waals surface area (Å²) >= 11 is 0. The second-order valence-corrected chi connectivity index (χ2v) is 8.70. The molecule has 1 aliphatic carbocycles. The van der Waals surface area contributed by atoms with Gasteiger partial charge in [-0.15, -0.1) is 0 Å². The molecule has 2 fully saturated rings. The van der Waals surface area contributed by atoms with Crippen LogP contribution in [0, 0.1) is 5.41 Å². The summed E-state index contributed by atoms with van der Waals surface area (Å²) in [4.78, 5) is 30.9. The molecule has 1 amide bonds. The van der Waals surface area contributed by atoms with Crippen molar-refractivity contribution < 1.29 is 4.79 Å². The number of aromatic nitrogens is 4. The molecule has 1 spiro atoms.